The number of nitro benzene ring substituents is 1. The first-order valence-corrected chi connectivity index (χ1v) is 10.0. The Bertz CT molecular complexity index is 1020. The zero-order valence-electron chi connectivity index (χ0n) is 17.0. The molecule has 2 aliphatic heterocycles. The fraction of sp³-hybridized carbons (Fsp3) is 0.364. The molecule has 1 amide bonds. The highest BCUT2D eigenvalue weighted by molar-refractivity contribution is 5.99. The average molecular weight is 426 g/mol. The summed E-state index contributed by atoms with van der Waals surface area (Å²) in [6, 6.07) is 10.4. The second-order valence-corrected chi connectivity index (χ2v) is 7.49. The SMILES string of the molecule is CCc1ccc(N2CC(C(=O)OCc3cc([N+](=O)[O-])cc4c3OCOC4)CC2=O)cc1. The van der Waals surface area contributed by atoms with E-state index in [1.165, 1.54) is 17.7 Å². The van der Waals surface area contributed by atoms with Crippen LogP contribution in [0.5, 0.6) is 5.75 Å². The maximum absolute atomic E-state index is 12.6. The van der Waals surface area contributed by atoms with Crippen LogP contribution in [0, 0.1) is 16.0 Å². The highest BCUT2D eigenvalue weighted by atomic mass is 16.7. The molecular formula is C22H22N2O7. The average Bonchev–Trinajstić information content (AvgIpc) is 3.18. The van der Waals surface area contributed by atoms with Crippen molar-refractivity contribution in [2.24, 2.45) is 5.92 Å². The van der Waals surface area contributed by atoms with E-state index in [9.17, 15) is 19.7 Å². The van der Waals surface area contributed by atoms with Gasteiger partial charge in [-0.15, -0.1) is 0 Å². The van der Waals surface area contributed by atoms with Gasteiger partial charge >= 0.3 is 5.97 Å². The Morgan fingerprint density at radius 1 is 1.29 bits per heavy atom. The van der Waals surface area contributed by atoms with Crippen LogP contribution >= 0.6 is 0 Å². The highest BCUT2D eigenvalue weighted by Crippen LogP contribution is 2.33. The van der Waals surface area contributed by atoms with Gasteiger partial charge in [0.1, 0.15) is 12.4 Å². The molecule has 1 unspecified atom stereocenters. The zero-order valence-corrected chi connectivity index (χ0v) is 17.0. The Labute approximate surface area is 178 Å². The Balaban J connectivity index is 1.44. The maximum atomic E-state index is 12.6. The standard InChI is InChI=1S/C22H22N2O7/c1-2-14-3-5-18(6-4-14)23-10-15(9-20(23)25)22(26)30-12-17-8-19(24(27)28)7-16-11-29-13-31-21(16)17/h3-8,15H,2,9-13H2,1H3. The lowest BCUT2D eigenvalue weighted by Crippen LogP contribution is -2.26. The van der Waals surface area contributed by atoms with E-state index < -0.39 is 16.8 Å². The molecule has 0 N–H and O–H groups in total. The van der Waals surface area contributed by atoms with Gasteiger partial charge in [-0.1, -0.05) is 19.1 Å². The lowest BCUT2D eigenvalue weighted by molar-refractivity contribution is -0.385. The number of nitro groups is 1. The van der Waals surface area contributed by atoms with Crippen LogP contribution in [0.15, 0.2) is 36.4 Å². The molecule has 4 rings (SSSR count). The molecule has 0 aromatic heterocycles. The summed E-state index contributed by atoms with van der Waals surface area (Å²) in [7, 11) is 0. The number of fused-ring (bicyclic) bond motifs is 1. The molecule has 1 atom stereocenters. The second-order valence-electron chi connectivity index (χ2n) is 7.49. The summed E-state index contributed by atoms with van der Waals surface area (Å²) >= 11 is 0. The van der Waals surface area contributed by atoms with Gasteiger partial charge in [0.2, 0.25) is 5.91 Å². The zero-order chi connectivity index (χ0) is 22.0. The van der Waals surface area contributed by atoms with E-state index in [1.54, 1.807) is 4.90 Å². The number of rotatable bonds is 6. The van der Waals surface area contributed by atoms with Gasteiger partial charge in [0.25, 0.3) is 5.69 Å². The first kappa shape index (κ1) is 20.8. The number of ether oxygens (including phenoxy) is 3. The summed E-state index contributed by atoms with van der Waals surface area (Å²) in [6.07, 6.45) is 0.964. The minimum Gasteiger partial charge on any atom is -0.467 e. The monoisotopic (exact) mass is 426 g/mol. The van der Waals surface area contributed by atoms with Crippen molar-refractivity contribution in [1.82, 2.24) is 0 Å². The van der Waals surface area contributed by atoms with Crippen LogP contribution in [-0.2, 0) is 38.7 Å². The smallest absolute Gasteiger partial charge is 0.311 e. The molecule has 0 saturated carbocycles. The van der Waals surface area contributed by atoms with Crippen molar-refractivity contribution in [2.45, 2.75) is 33.0 Å². The number of hydrogen-bond donors (Lipinski definition) is 0. The largest absolute Gasteiger partial charge is 0.467 e. The molecule has 2 aromatic rings. The number of esters is 1. The van der Waals surface area contributed by atoms with Gasteiger partial charge in [-0.25, -0.2) is 0 Å². The quantitative estimate of drug-likeness (QED) is 0.397. The van der Waals surface area contributed by atoms with Crippen molar-refractivity contribution in [2.75, 3.05) is 18.2 Å². The summed E-state index contributed by atoms with van der Waals surface area (Å²) in [5.74, 6) is -0.824. The van der Waals surface area contributed by atoms with Crippen LogP contribution in [0.4, 0.5) is 11.4 Å². The molecule has 0 spiro atoms. The summed E-state index contributed by atoms with van der Waals surface area (Å²) in [5, 5.41) is 11.2. The molecule has 2 aromatic carbocycles. The van der Waals surface area contributed by atoms with Crippen LogP contribution in [0.3, 0.4) is 0 Å². The minimum absolute atomic E-state index is 0.0225. The van der Waals surface area contributed by atoms with E-state index in [1.807, 2.05) is 24.3 Å². The second kappa shape index (κ2) is 8.73. The number of anilines is 1. The Morgan fingerprint density at radius 2 is 2.06 bits per heavy atom. The molecule has 0 bridgehead atoms. The molecule has 9 nitrogen and oxygen atoms in total. The van der Waals surface area contributed by atoms with E-state index in [-0.39, 0.29) is 44.6 Å². The molecule has 2 heterocycles. The summed E-state index contributed by atoms with van der Waals surface area (Å²) in [6.45, 7) is 2.31. The number of non-ortho nitro benzene ring substituents is 1. The van der Waals surface area contributed by atoms with E-state index in [4.69, 9.17) is 14.2 Å². The lowest BCUT2D eigenvalue weighted by atomic mass is 10.1. The number of carbonyl (C=O) groups excluding carboxylic acids is 2. The molecule has 162 valence electrons. The predicted octanol–water partition coefficient (Wildman–Crippen LogP) is 3.12. The summed E-state index contributed by atoms with van der Waals surface area (Å²) in [4.78, 5) is 37.3. The number of carbonyl (C=O) groups is 2. The van der Waals surface area contributed by atoms with Gasteiger partial charge in [0, 0.05) is 41.9 Å². The van der Waals surface area contributed by atoms with E-state index >= 15 is 0 Å². The molecule has 2 aliphatic rings. The molecule has 1 fully saturated rings. The Morgan fingerprint density at radius 3 is 2.77 bits per heavy atom. The van der Waals surface area contributed by atoms with Gasteiger partial charge in [-0.2, -0.15) is 0 Å². The molecule has 31 heavy (non-hydrogen) atoms. The van der Waals surface area contributed by atoms with Crippen LogP contribution in [-0.4, -0.2) is 30.1 Å². The Hall–Kier alpha value is -3.46. The highest BCUT2D eigenvalue weighted by Gasteiger charge is 2.36. The number of amides is 1. The van der Waals surface area contributed by atoms with Gasteiger partial charge in [0.15, 0.2) is 6.79 Å². The predicted molar refractivity (Wildman–Crippen MR) is 109 cm³/mol. The van der Waals surface area contributed by atoms with Gasteiger partial charge in [-0.05, 0) is 24.1 Å². The molecule has 1 saturated heterocycles. The fourth-order valence-corrected chi connectivity index (χ4v) is 3.79. The van der Waals surface area contributed by atoms with Crippen molar-refractivity contribution in [3.8, 4) is 5.75 Å². The summed E-state index contributed by atoms with van der Waals surface area (Å²) < 4.78 is 16.1. The molecular weight excluding hydrogens is 404 g/mol. The molecule has 0 aliphatic carbocycles. The van der Waals surface area contributed by atoms with Crippen LogP contribution < -0.4 is 9.64 Å². The number of aryl methyl sites for hydroxylation is 1. The van der Waals surface area contributed by atoms with Gasteiger partial charge < -0.3 is 19.1 Å². The Kier molecular flexibility index (Phi) is 5.85. The third-order valence-corrected chi connectivity index (χ3v) is 5.47. The van der Waals surface area contributed by atoms with Crippen LogP contribution in [0.2, 0.25) is 0 Å². The van der Waals surface area contributed by atoms with E-state index in [0.717, 1.165) is 12.1 Å². The topological polar surface area (TPSA) is 108 Å². The van der Waals surface area contributed by atoms with Gasteiger partial charge in [0.05, 0.1) is 17.4 Å². The van der Waals surface area contributed by atoms with Crippen molar-refractivity contribution in [1.29, 1.82) is 0 Å². The number of nitrogens with zero attached hydrogens (tertiary/aromatic N) is 2. The van der Waals surface area contributed by atoms with Crippen LogP contribution in [0.25, 0.3) is 0 Å². The van der Waals surface area contributed by atoms with Crippen LogP contribution in [0.1, 0.15) is 30.0 Å². The molecule has 9 heteroatoms. The van der Waals surface area contributed by atoms with Crippen molar-refractivity contribution in [3.63, 3.8) is 0 Å². The van der Waals surface area contributed by atoms with E-state index in [0.29, 0.717) is 16.9 Å². The third kappa shape index (κ3) is 4.36. The van der Waals surface area contributed by atoms with Crippen molar-refractivity contribution < 1.29 is 28.7 Å². The lowest BCUT2D eigenvalue weighted by Gasteiger charge is -2.21. The maximum Gasteiger partial charge on any atom is 0.311 e. The first-order valence-electron chi connectivity index (χ1n) is 10.0. The van der Waals surface area contributed by atoms with Crippen molar-refractivity contribution in [3.05, 3.63) is 63.2 Å². The summed E-state index contributed by atoms with van der Waals surface area (Å²) in [5.41, 5.74) is 2.72. The minimum atomic E-state index is -0.600. The van der Waals surface area contributed by atoms with Gasteiger partial charge in [-0.3, -0.25) is 19.7 Å². The third-order valence-electron chi connectivity index (χ3n) is 5.47. The van der Waals surface area contributed by atoms with Crippen molar-refractivity contribution >= 4 is 23.3 Å². The fourth-order valence-electron chi connectivity index (χ4n) is 3.79. The molecule has 0 radical (unpaired) electrons. The first-order chi connectivity index (χ1) is 15.0. The van der Waals surface area contributed by atoms with E-state index in [2.05, 4.69) is 6.92 Å². The number of benzene rings is 2. The number of hydrogen-bond acceptors (Lipinski definition) is 7. The normalized spacial score (nSPS) is 17.8.